The highest BCUT2D eigenvalue weighted by Crippen LogP contribution is 2.34. The van der Waals surface area contributed by atoms with Crippen LogP contribution in [0, 0.1) is 0 Å². The second-order valence-electron chi connectivity index (χ2n) is 3.52. The van der Waals surface area contributed by atoms with Crippen LogP contribution in [0.3, 0.4) is 0 Å². The Hall–Kier alpha value is -1.22. The van der Waals surface area contributed by atoms with E-state index in [1.807, 2.05) is 24.4 Å². The summed E-state index contributed by atoms with van der Waals surface area (Å²) in [6, 6.07) is 8.07. The van der Waals surface area contributed by atoms with Gasteiger partial charge in [-0.2, -0.15) is 0 Å². The van der Waals surface area contributed by atoms with E-state index in [4.69, 9.17) is 4.74 Å². The molecule has 3 heteroatoms. The first kappa shape index (κ1) is 11.3. The number of pyridine rings is 1. The summed E-state index contributed by atoms with van der Waals surface area (Å²) < 4.78 is 5.49. The fourth-order valence-electron chi connectivity index (χ4n) is 1.62. The largest absolute Gasteiger partial charge is 0.495 e. The minimum absolute atomic E-state index is 0.948. The summed E-state index contributed by atoms with van der Waals surface area (Å²) in [5.41, 5.74) is 0.986. The maximum atomic E-state index is 5.49. The molecule has 0 aliphatic carbocycles. The highest BCUT2D eigenvalue weighted by Gasteiger charge is 2.08. The number of thioether (sulfide) groups is 1. The van der Waals surface area contributed by atoms with Crippen LogP contribution < -0.4 is 4.74 Å². The van der Waals surface area contributed by atoms with Crippen LogP contribution in [-0.4, -0.2) is 17.8 Å². The van der Waals surface area contributed by atoms with Gasteiger partial charge >= 0.3 is 0 Å². The van der Waals surface area contributed by atoms with Crippen molar-refractivity contribution in [2.45, 2.75) is 18.2 Å². The van der Waals surface area contributed by atoms with Gasteiger partial charge in [0.1, 0.15) is 5.75 Å². The number of hydrogen-bond donors (Lipinski definition) is 0. The highest BCUT2D eigenvalue weighted by molar-refractivity contribution is 7.99. The molecule has 0 aliphatic rings. The molecule has 2 aromatic rings. The van der Waals surface area contributed by atoms with E-state index in [0.717, 1.165) is 33.7 Å². The van der Waals surface area contributed by atoms with Gasteiger partial charge < -0.3 is 4.74 Å². The first-order valence-electron chi connectivity index (χ1n) is 5.41. The molecule has 0 radical (unpaired) electrons. The number of nitrogens with zero attached hydrogens (tertiary/aromatic N) is 1. The number of fused-ring (bicyclic) bond motifs is 1. The van der Waals surface area contributed by atoms with Gasteiger partial charge in [0, 0.05) is 11.6 Å². The molecule has 1 heterocycles. The molecule has 1 aromatic carbocycles. The Balaban J connectivity index is 2.50. The summed E-state index contributed by atoms with van der Waals surface area (Å²) in [4.78, 5) is 5.57. The van der Waals surface area contributed by atoms with Crippen molar-refractivity contribution >= 4 is 22.7 Å². The van der Waals surface area contributed by atoms with Gasteiger partial charge in [0.2, 0.25) is 0 Å². The summed E-state index contributed by atoms with van der Waals surface area (Å²) in [6.45, 7) is 2.17. The zero-order valence-corrected chi connectivity index (χ0v) is 10.4. The summed E-state index contributed by atoms with van der Waals surface area (Å²) in [5, 5.41) is 1.09. The number of benzene rings is 1. The quantitative estimate of drug-likeness (QED) is 0.751. The van der Waals surface area contributed by atoms with Gasteiger partial charge in [0.25, 0.3) is 0 Å². The molecule has 84 valence electrons. The number of ether oxygens (including phenoxy) is 1. The Morgan fingerprint density at radius 3 is 2.88 bits per heavy atom. The number of aromatic nitrogens is 1. The van der Waals surface area contributed by atoms with Crippen LogP contribution in [0.25, 0.3) is 10.9 Å². The average molecular weight is 233 g/mol. The molecule has 2 nitrogen and oxygen atoms in total. The Kier molecular flexibility index (Phi) is 3.67. The normalized spacial score (nSPS) is 10.6. The zero-order chi connectivity index (χ0) is 11.4. The SMILES string of the molecule is CCCSc1cnc2ccccc2c1OC. The van der Waals surface area contributed by atoms with E-state index < -0.39 is 0 Å². The highest BCUT2D eigenvalue weighted by atomic mass is 32.2. The van der Waals surface area contributed by atoms with Gasteiger partial charge in [0.05, 0.1) is 17.5 Å². The minimum Gasteiger partial charge on any atom is -0.495 e. The maximum Gasteiger partial charge on any atom is 0.143 e. The second-order valence-corrected chi connectivity index (χ2v) is 4.66. The van der Waals surface area contributed by atoms with Crippen molar-refractivity contribution in [3.63, 3.8) is 0 Å². The molecule has 0 atom stereocenters. The van der Waals surface area contributed by atoms with Gasteiger partial charge in [0.15, 0.2) is 0 Å². The van der Waals surface area contributed by atoms with Crippen molar-refractivity contribution in [1.82, 2.24) is 4.98 Å². The molecule has 16 heavy (non-hydrogen) atoms. The maximum absolute atomic E-state index is 5.49. The van der Waals surface area contributed by atoms with Crippen molar-refractivity contribution < 1.29 is 4.74 Å². The monoisotopic (exact) mass is 233 g/mol. The molecule has 0 fully saturated rings. The van der Waals surface area contributed by atoms with E-state index in [1.165, 1.54) is 0 Å². The Labute approximate surface area is 100 Å². The first-order valence-corrected chi connectivity index (χ1v) is 6.40. The van der Waals surface area contributed by atoms with E-state index in [9.17, 15) is 0 Å². The Morgan fingerprint density at radius 2 is 2.12 bits per heavy atom. The fourth-order valence-corrected chi connectivity index (χ4v) is 2.50. The van der Waals surface area contributed by atoms with Crippen LogP contribution in [0.1, 0.15) is 13.3 Å². The number of para-hydroxylation sites is 1. The third-order valence-corrected chi connectivity index (χ3v) is 3.57. The molecule has 2 rings (SSSR count). The van der Waals surface area contributed by atoms with Crippen LogP contribution in [0.15, 0.2) is 35.4 Å². The minimum atomic E-state index is 0.948. The van der Waals surface area contributed by atoms with Crippen LogP contribution in [0.2, 0.25) is 0 Å². The Bertz CT molecular complexity index is 484. The van der Waals surface area contributed by atoms with Crippen molar-refractivity contribution in [3.05, 3.63) is 30.5 Å². The number of hydrogen-bond acceptors (Lipinski definition) is 3. The van der Waals surface area contributed by atoms with Crippen LogP contribution >= 0.6 is 11.8 Å². The smallest absolute Gasteiger partial charge is 0.143 e. The fraction of sp³-hybridized carbons (Fsp3) is 0.308. The predicted octanol–water partition coefficient (Wildman–Crippen LogP) is 3.75. The molecular formula is C13H15NOS. The second kappa shape index (κ2) is 5.21. The molecule has 0 aliphatic heterocycles. The molecule has 0 unspecified atom stereocenters. The molecule has 0 amide bonds. The van der Waals surface area contributed by atoms with Gasteiger partial charge in [-0.15, -0.1) is 11.8 Å². The van der Waals surface area contributed by atoms with E-state index in [2.05, 4.69) is 18.0 Å². The predicted molar refractivity (Wildman–Crippen MR) is 69.3 cm³/mol. The summed E-state index contributed by atoms with van der Waals surface area (Å²) in [6.07, 6.45) is 3.06. The van der Waals surface area contributed by atoms with Crippen LogP contribution in [0.5, 0.6) is 5.75 Å². The topological polar surface area (TPSA) is 22.1 Å². The summed E-state index contributed by atoms with van der Waals surface area (Å²) >= 11 is 1.80. The van der Waals surface area contributed by atoms with Crippen molar-refractivity contribution in [3.8, 4) is 5.75 Å². The molecule has 0 bridgehead atoms. The van der Waals surface area contributed by atoms with Crippen molar-refractivity contribution in [2.75, 3.05) is 12.9 Å². The van der Waals surface area contributed by atoms with E-state index >= 15 is 0 Å². The third kappa shape index (κ3) is 2.14. The zero-order valence-electron chi connectivity index (χ0n) is 9.56. The molecular weight excluding hydrogens is 218 g/mol. The molecule has 1 aromatic heterocycles. The summed E-state index contributed by atoms with van der Waals surface area (Å²) in [7, 11) is 1.72. The van der Waals surface area contributed by atoms with Gasteiger partial charge in [-0.1, -0.05) is 19.1 Å². The lowest BCUT2D eigenvalue weighted by atomic mass is 10.2. The molecule has 0 saturated carbocycles. The molecule has 0 N–H and O–H groups in total. The summed E-state index contributed by atoms with van der Waals surface area (Å²) in [5.74, 6) is 2.04. The lowest BCUT2D eigenvalue weighted by Crippen LogP contribution is -1.91. The van der Waals surface area contributed by atoms with E-state index in [0.29, 0.717) is 0 Å². The lowest BCUT2D eigenvalue weighted by Gasteiger charge is -2.10. The molecule has 0 spiro atoms. The van der Waals surface area contributed by atoms with E-state index in [-0.39, 0.29) is 0 Å². The van der Waals surface area contributed by atoms with Crippen molar-refractivity contribution in [1.29, 1.82) is 0 Å². The number of methoxy groups -OCH3 is 1. The van der Waals surface area contributed by atoms with E-state index in [1.54, 1.807) is 18.9 Å². The molecule has 0 saturated heterocycles. The third-order valence-electron chi connectivity index (χ3n) is 2.36. The number of rotatable bonds is 4. The van der Waals surface area contributed by atoms with Crippen LogP contribution in [-0.2, 0) is 0 Å². The van der Waals surface area contributed by atoms with Gasteiger partial charge in [-0.3, -0.25) is 4.98 Å². The van der Waals surface area contributed by atoms with Crippen LogP contribution in [0.4, 0.5) is 0 Å². The first-order chi connectivity index (χ1) is 7.86. The standard InChI is InChI=1S/C13H15NOS/c1-3-8-16-12-9-14-11-7-5-4-6-10(11)13(12)15-2/h4-7,9H,3,8H2,1-2H3. The lowest BCUT2D eigenvalue weighted by molar-refractivity contribution is 0.409. The van der Waals surface area contributed by atoms with Gasteiger partial charge in [-0.25, -0.2) is 0 Å². The average Bonchev–Trinajstić information content (AvgIpc) is 2.35. The van der Waals surface area contributed by atoms with Gasteiger partial charge in [-0.05, 0) is 24.3 Å². The Morgan fingerprint density at radius 1 is 1.31 bits per heavy atom. The van der Waals surface area contributed by atoms with Crippen molar-refractivity contribution in [2.24, 2.45) is 0 Å².